The predicted molar refractivity (Wildman–Crippen MR) is 193 cm³/mol. The van der Waals surface area contributed by atoms with Crippen LogP contribution in [-0.4, -0.2) is 59.7 Å². The quantitative estimate of drug-likeness (QED) is 0.104. The third-order valence-corrected chi connectivity index (χ3v) is 19.1. The molecule has 0 fully saturated rings. The largest absolute Gasteiger partial charge is 0.491 e. The fourth-order valence-corrected chi connectivity index (χ4v) is 20.9. The van der Waals surface area contributed by atoms with Crippen molar-refractivity contribution in [3.8, 4) is 11.5 Å². The zero-order valence-corrected chi connectivity index (χ0v) is 32.6. The lowest BCUT2D eigenvalue weighted by Gasteiger charge is -2.36. The van der Waals surface area contributed by atoms with E-state index in [0.29, 0.717) is 39.6 Å². The zero-order valence-electron chi connectivity index (χ0n) is 28.6. The van der Waals surface area contributed by atoms with Crippen LogP contribution in [0, 0.1) is 0 Å². The van der Waals surface area contributed by atoms with Gasteiger partial charge >= 0.3 is 0 Å². The molecule has 0 heterocycles. The van der Waals surface area contributed by atoms with E-state index in [9.17, 15) is 0 Å². The van der Waals surface area contributed by atoms with Crippen LogP contribution in [-0.2, 0) is 30.9 Å². The highest BCUT2D eigenvalue weighted by molar-refractivity contribution is 6.94. The minimum absolute atomic E-state index is 0.446. The van der Waals surface area contributed by atoms with E-state index in [1.165, 1.54) is 0 Å². The summed E-state index contributed by atoms with van der Waals surface area (Å²) in [4.78, 5) is 0. The lowest BCUT2D eigenvalue weighted by Crippen LogP contribution is -2.55. The van der Waals surface area contributed by atoms with Gasteiger partial charge in [-0.25, -0.2) is 0 Å². The van der Waals surface area contributed by atoms with E-state index in [1.54, 1.807) is 0 Å². The standard InChI is InChI=1S/C34H54O6Si4/c1-41(2,3)39-43(7,8)33-25-32(38-24-22-36-28-30-19-15-12-16-20-30)34(44(9,10)40-42(4,5)6)26-31(33)37-23-21-35-27-29-17-13-11-14-18-29/h11-20,25-26H,21-24,27-28H2,1-10H3. The van der Waals surface area contributed by atoms with E-state index >= 15 is 0 Å². The summed E-state index contributed by atoms with van der Waals surface area (Å²) in [6, 6.07) is 24.8. The van der Waals surface area contributed by atoms with E-state index in [4.69, 9.17) is 27.2 Å². The Morgan fingerprint density at radius 3 is 1.11 bits per heavy atom. The van der Waals surface area contributed by atoms with Crippen molar-refractivity contribution in [2.24, 2.45) is 0 Å². The molecule has 3 aromatic rings. The molecule has 0 saturated carbocycles. The molecule has 0 spiro atoms. The van der Waals surface area contributed by atoms with E-state index in [-0.39, 0.29) is 0 Å². The molecule has 0 saturated heterocycles. The molecule has 3 aromatic carbocycles. The third-order valence-electron chi connectivity index (χ3n) is 6.70. The van der Waals surface area contributed by atoms with Crippen LogP contribution >= 0.6 is 0 Å². The van der Waals surface area contributed by atoms with Gasteiger partial charge in [0.25, 0.3) is 0 Å². The van der Waals surface area contributed by atoms with Crippen LogP contribution in [0.4, 0.5) is 0 Å². The first kappa shape index (κ1) is 36.4. The highest BCUT2D eigenvalue weighted by Gasteiger charge is 2.39. The average Bonchev–Trinajstić information content (AvgIpc) is 2.91. The Morgan fingerprint density at radius 2 is 0.795 bits per heavy atom. The zero-order chi connectivity index (χ0) is 32.4. The van der Waals surface area contributed by atoms with Crippen LogP contribution in [0.5, 0.6) is 11.5 Å². The Bertz CT molecular complexity index is 1190. The summed E-state index contributed by atoms with van der Waals surface area (Å²) in [6.45, 7) is 25.5. The molecule has 242 valence electrons. The molecule has 0 unspecified atom stereocenters. The monoisotopic (exact) mass is 670 g/mol. The first-order valence-corrected chi connectivity index (χ1v) is 28.3. The summed E-state index contributed by atoms with van der Waals surface area (Å²) < 4.78 is 38.7. The highest BCUT2D eigenvalue weighted by Crippen LogP contribution is 2.27. The van der Waals surface area contributed by atoms with Gasteiger partial charge in [-0.15, -0.1) is 0 Å². The second kappa shape index (κ2) is 16.0. The predicted octanol–water partition coefficient (Wildman–Crippen LogP) is 7.41. The fourth-order valence-electron chi connectivity index (χ4n) is 5.33. The maximum atomic E-state index is 6.86. The van der Waals surface area contributed by atoms with Gasteiger partial charge in [0.15, 0.2) is 16.6 Å². The minimum Gasteiger partial charge on any atom is -0.491 e. The lowest BCUT2D eigenvalue weighted by molar-refractivity contribution is 0.0882. The molecule has 0 aromatic heterocycles. The third kappa shape index (κ3) is 12.4. The fraction of sp³-hybridized carbons (Fsp3) is 0.471. The van der Waals surface area contributed by atoms with E-state index in [0.717, 1.165) is 33.0 Å². The van der Waals surface area contributed by atoms with Gasteiger partial charge in [0, 0.05) is 10.4 Å². The van der Waals surface area contributed by atoms with Crippen molar-refractivity contribution >= 4 is 43.6 Å². The van der Waals surface area contributed by atoms with Gasteiger partial charge in [-0.05, 0) is 88.7 Å². The van der Waals surface area contributed by atoms with Gasteiger partial charge in [0.2, 0.25) is 16.6 Å². The number of hydrogen-bond acceptors (Lipinski definition) is 6. The van der Waals surface area contributed by atoms with Crippen LogP contribution in [0.1, 0.15) is 11.1 Å². The number of benzene rings is 3. The maximum Gasteiger partial charge on any atom is 0.209 e. The Kier molecular flexibility index (Phi) is 13.2. The maximum absolute atomic E-state index is 6.86. The van der Waals surface area contributed by atoms with Crippen LogP contribution in [0.3, 0.4) is 0 Å². The van der Waals surface area contributed by atoms with E-state index in [1.807, 2.05) is 36.4 Å². The highest BCUT2D eigenvalue weighted by atomic mass is 28.4. The summed E-state index contributed by atoms with van der Waals surface area (Å²) >= 11 is 0. The summed E-state index contributed by atoms with van der Waals surface area (Å²) in [5, 5.41) is 2.20. The SMILES string of the molecule is C[Si](C)(C)O[Si](C)(C)c1cc(OCCOCc2ccccc2)c([Si](C)(C)O[Si](C)(C)C)cc1OCCOCc1ccccc1. The van der Waals surface area contributed by atoms with Gasteiger partial charge in [-0.3, -0.25) is 0 Å². The lowest BCUT2D eigenvalue weighted by atomic mass is 10.2. The molecule has 0 N–H and O–H groups in total. The van der Waals surface area contributed by atoms with Gasteiger partial charge in [-0.1, -0.05) is 60.7 Å². The van der Waals surface area contributed by atoms with Gasteiger partial charge in [0.05, 0.1) is 26.4 Å². The minimum atomic E-state index is -2.37. The molecule has 10 heteroatoms. The number of hydrogen-bond donors (Lipinski definition) is 0. The van der Waals surface area contributed by atoms with Crippen LogP contribution < -0.4 is 19.8 Å². The van der Waals surface area contributed by atoms with Gasteiger partial charge < -0.3 is 27.2 Å². The summed E-state index contributed by atoms with van der Waals surface area (Å²) in [5.74, 6) is 1.70. The Morgan fingerprint density at radius 1 is 0.455 bits per heavy atom. The number of ether oxygens (including phenoxy) is 4. The first-order chi connectivity index (χ1) is 20.6. The van der Waals surface area contributed by atoms with Gasteiger partial charge in [0.1, 0.15) is 24.7 Å². The molecular weight excluding hydrogens is 617 g/mol. The molecular formula is C34H54O6Si4. The molecule has 0 aliphatic heterocycles. The van der Waals surface area contributed by atoms with E-state index in [2.05, 4.69) is 102 Å². The Balaban J connectivity index is 1.88. The molecule has 0 atom stereocenters. The van der Waals surface area contributed by atoms with E-state index < -0.39 is 33.3 Å². The topological polar surface area (TPSA) is 55.4 Å². The van der Waals surface area contributed by atoms with Crippen LogP contribution in [0.15, 0.2) is 72.8 Å². The molecule has 3 rings (SSSR count). The first-order valence-electron chi connectivity index (χ1n) is 15.6. The van der Waals surface area contributed by atoms with Crippen LogP contribution in [0.2, 0.25) is 65.5 Å². The number of rotatable bonds is 18. The Hall–Kier alpha value is -2.03. The summed E-state index contributed by atoms with van der Waals surface area (Å²) in [5.41, 5.74) is 2.30. The van der Waals surface area contributed by atoms with Crippen molar-refractivity contribution in [3.63, 3.8) is 0 Å². The molecule has 0 bridgehead atoms. The summed E-state index contributed by atoms with van der Waals surface area (Å²) in [7, 11) is -8.42. The normalized spacial score (nSPS) is 12.8. The summed E-state index contributed by atoms with van der Waals surface area (Å²) in [6.07, 6.45) is 0. The van der Waals surface area contributed by atoms with Crippen molar-refractivity contribution in [2.45, 2.75) is 78.7 Å². The molecule has 0 aliphatic carbocycles. The Labute approximate surface area is 270 Å². The van der Waals surface area contributed by atoms with Crippen molar-refractivity contribution in [1.82, 2.24) is 0 Å². The van der Waals surface area contributed by atoms with Crippen molar-refractivity contribution in [3.05, 3.63) is 83.9 Å². The molecule has 44 heavy (non-hydrogen) atoms. The van der Waals surface area contributed by atoms with Crippen molar-refractivity contribution in [2.75, 3.05) is 26.4 Å². The van der Waals surface area contributed by atoms with Crippen LogP contribution in [0.25, 0.3) is 0 Å². The smallest absolute Gasteiger partial charge is 0.209 e. The molecule has 0 amide bonds. The van der Waals surface area contributed by atoms with Gasteiger partial charge in [-0.2, -0.15) is 0 Å². The second-order valence-corrected chi connectivity index (χ2v) is 31.3. The molecule has 0 radical (unpaired) electrons. The molecule has 0 aliphatic rings. The van der Waals surface area contributed by atoms with Crippen molar-refractivity contribution < 1.29 is 27.2 Å². The van der Waals surface area contributed by atoms with Crippen molar-refractivity contribution in [1.29, 1.82) is 0 Å². The second-order valence-electron chi connectivity index (χ2n) is 14.1. The molecule has 6 nitrogen and oxygen atoms in total. The average molecular weight is 671 g/mol.